The van der Waals surface area contributed by atoms with Crippen molar-refractivity contribution in [1.29, 1.82) is 0 Å². The lowest BCUT2D eigenvalue weighted by Gasteiger charge is -1.92. The summed E-state index contributed by atoms with van der Waals surface area (Å²) in [4.78, 5) is 0. The van der Waals surface area contributed by atoms with E-state index < -0.39 is 0 Å². The zero-order chi connectivity index (χ0) is 9.52. The van der Waals surface area contributed by atoms with Crippen molar-refractivity contribution < 1.29 is 0 Å². The molecule has 0 fully saturated rings. The highest BCUT2D eigenvalue weighted by molar-refractivity contribution is 6.31. The third-order valence-electron chi connectivity index (χ3n) is 1.60. The van der Waals surface area contributed by atoms with Crippen molar-refractivity contribution in [3.8, 4) is 11.8 Å². The van der Waals surface area contributed by atoms with Gasteiger partial charge in [-0.05, 0) is 25.1 Å². The van der Waals surface area contributed by atoms with Gasteiger partial charge in [-0.2, -0.15) is 0 Å². The highest BCUT2D eigenvalue weighted by atomic mass is 35.5. The van der Waals surface area contributed by atoms with Crippen LogP contribution in [0.3, 0.4) is 0 Å². The Labute approximate surface area is 83.9 Å². The zero-order valence-electron chi connectivity index (χ0n) is 7.39. The molecule has 0 aliphatic heterocycles. The van der Waals surface area contributed by atoms with Crippen LogP contribution in [0.25, 0.3) is 0 Å². The highest BCUT2D eigenvalue weighted by Gasteiger charge is 1.91. The minimum absolute atomic E-state index is 0.692. The maximum absolute atomic E-state index is 5.91. The summed E-state index contributed by atoms with van der Waals surface area (Å²) in [7, 11) is 0. The van der Waals surface area contributed by atoms with E-state index in [9.17, 15) is 0 Å². The quantitative estimate of drug-likeness (QED) is 0.567. The van der Waals surface area contributed by atoms with Crippen LogP contribution < -0.4 is 5.73 Å². The molecule has 0 unspecified atom stereocenters. The Bertz CT molecular complexity index is 322. The van der Waals surface area contributed by atoms with E-state index in [4.69, 9.17) is 17.3 Å². The number of unbranched alkanes of at least 4 members (excludes halogenated alkanes) is 1. The molecule has 0 heterocycles. The van der Waals surface area contributed by atoms with Crippen LogP contribution >= 0.6 is 11.6 Å². The van der Waals surface area contributed by atoms with E-state index in [1.54, 1.807) is 0 Å². The molecular formula is C11H12ClN. The average molecular weight is 194 g/mol. The van der Waals surface area contributed by atoms with Gasteiger partial charge in [0.05, 0.1) is 5.02 Å². The standard InChI is InChI=1S/C11H12ClN/c12-11-8-4-3-7-10(11)6-2-1-5-9-13/h3-4,7-8H,1,5,9,13H2. The van der Waals surface area contributed by atoms with Crippen LogP contribution in [0.15, 0.2) is 24.3 Å². The lowest BCUT2D eigenvalue weighted by Crippen LogP contribution is -1.96. The molecule has 13 heavy (non-hydrogen) atoms. The molecule has 0 aliphatic carbocycles. The molecule has 0 amide bonds. The van der Waals surface area contributed by atoms with Crippen LogP contribution in [0, 0.1) is 11.8 Å². The molecule has 0 spiro atoms. The van der Waals surface area contributed by atoms with Crippen molar-refractivity contribution in [3.63, 3.8) is 0 Å². The average Bonchev–Trinajstić information content (AvgIpc) is 2.15. The first-order valence-corrected chi connectivity index (χ1v) is 4.66. The van der Waals surface area contributed by atoms with E-state index in [0.29, 0.717) is 11.6 Å². The predicted octanol–water partition coefficient (Wildman–Crippen LogP) is 2.43. The van der Waals surface area contributed by atoms with E-state index >= 15 is 0 Å². The Hall–Kier alpha value is -0.970. The molecule has 0 atom stereocenters. The second kappa shape index (κ2) is 5.64. The molecule has 0 aliphatic rings. The first-order valence-electron chi connectivity index (χ1n) is 4.28. The van der Waals surface area contributed by atoms with Crippen LogP contribution in [-0.4, -0.2) is 6.54 Å². The van der Waals surface area contributed by atoms with Gasteiger partial charge in [0.1, 0.15) is 0 Å². The molecular weight excluding hydrogens is 182 g/mol. The fourth-order valence-electron chi connectivity index (χ4n) is 0.911. The number of hydrogen-bond acceptors (Lipinski definition) is 1. The number of benzene rings is 1. The van der Waals surface area contributed by atoms with Gasteiger partial charge in [0.25, 0.3) is 0 Å². The van der Waals surface area contributed by atoms with Crippen LogP contribution in [0.5, 0.6) is 0 Å². The minimum atomic E-state index is 0.692. The van der Waals surface area contributed by atoms with Crippen molar-refractivity contribution >= 4 is 11.6 Å². The molecule has 1 aromatic carbocycles. The molecule has 1 nitrogen and oxygen atoms in total. The van der Waals surface area contributed by atoms with Crippen LogP contribution in [-0.2, 0) is 0 Å². The summed E-state index contributed by atoms with van der Waals surface area (Å²) in [5, 5.41) is 0.711. The summed E-state index contributed by atoms with van der Waals surface area (Å²) >= 11 is 5.91. The first kappa shape index (κ1) is 10.1. The Balaban J connectivity index is 2.61. The van der Waals surface area contributed by atoms with E-state index in [1.807, 2.05) is 24.3 Å². The van der Waals surface area contributed by atoms with Gasteiger partial charge in [0.15, 0.2) is 0 Å². The smallest absolute Gasteiger partial charge is 0.0562 e. The monoisotopic (exact) mass is 193 g/mol. The SMILES string of the molecule is NCCCC#Cc1ccccc1Cl. The number of nitrogens with two attached hydrogens (primary N) is 1. The van der Waals surface area contributed by atoms with Crippen molar-refractivity contribution in [2.75, 3.05) is 6.54 Å². The lowest BCUT2D eigenvalue weighted by molar-refractivity contribution is 0.870. The van der Waals surface area contributed by atoms with E-state index in [2.05, 4.69) is 11.8 Å². The fraction of sp³-hybridized carbons (Fsp3) is 0.273. The topological polar surface area (TPSA) is 26.0 Å². The highest BCUT2D eigenvalue weighted by Crippen LogP contribution is 2.12. The van der Waals surface area contributed by atoms with Crippen molar-refractivity contribution in [2.24, 2.45) is 5.73 Å². The van der Waals surface area contributed by atoms with Gasteiger partial charge in [-0.25, -0.2) is 0 Å². The molecule has 68 valence electrons. The Morgan fingerprint density at radius 2 is 2.08 bits per heavy atom. The summed E-state index contributed by atoms with van der Waals surface area (Å²) in [5.74, 6) is 6.04. The maximum atomic E-state index is 5.91. The van der Waals surface area contributed by atoms with Crippen molar-refractivity contribution in [3.05, 3.63) is 34.9 Å². The van der Waals surface area contributed by atoms with Crippen molar-refractivity contribution in [1.82, 2.24) is 0 Å². The third-order valence-corrected chi connectivity index (χ3v) is 1.93. The minimum Gasteiger partial charge on any atom is -0.330 e. The zero-order valence-corrected chi connectivity index (χ0v) is 8.14. The summed E-state index contributed by atoms with van der Waals surface area (Å²) < 4.78 is 0. The van der Waals surface area contributed by atoms with Gasteiger partial charge in [-0.15, -0.1) is 0 Å². The maximum Gasteiger partial charge on any atom is 0.0562 e. The van der Waals surface area contributed by atoms with E-state index in [1.165, 1.54) is 0 Å². The van der Waals surface area contributed by atoms with E-state index in [-0.39, 0.29) is 0 Å². The van der Waals surface area contributed by atoms with Gasteiger partial charge in [-0.3, -0.25) is 0 Å². The Kier molecular flexibility index (Phi) is 4.39. The fourth-order valence-corrected chi connectivity index (χ4v) is 1.09. The molecule has 0 aromatic heterocycles. The number of rotatable bonds is 2. The summed E-state index contributed by atoms with van der Waals surface area (Å²) in [6.07, 6.45) is 1.78. The molecule has 0 saturated heterocycles. The number of halogens is 1. The second-order valence-electron chi connectivity index (χ2n) is 2.67. The Morgan fingerprint density at radius 3 is 2.77 bits per heavy atom. The van der Waals surface area contributed by atoms with Gasteiger partial charge < -0.3 is 5.73 Å². The molecule has 0 bridgehead atoms. The summed E-state index contributed by atoms with van der Waals surface area (Å²) in [6.45, 7) is 0.692. The normalized spacial score (nSPS) is 9.08. The lowest BCUT2D eigenvalue weighted by atomic mass is 10.2. The van der Waals surface area contributed by atoms with Gasteiger partial charge >= 0.3 is 0 Å². The summed E-state index contributed by atoms with van der Waals surface area (Å²) in [6, 6.07) is 7.58. The number of hydrogen-bond donors (Lipinski definition) is 1. The predicted molar refractivity (Wildman–Crippen MR) is 56.6 cm³/mol. The van der Waals surface area contributed by atoms with Gasteiger partial charge in [-0.1, -0.05) is 35.6 Å². The molecule has 2 N–H and O–H groups in total. The second-order valence-corrected chi connectivity index (χ2v) is 3.08. The van der Waals surface area contributed by atoms with Crippen molar-refractivity contribution in [2.45, 2.75) is 12.8 Å². The van der Waals surface area contributed by atoms with Crippen LogP contribution in [0.1, 0.15) is 18.4 Å². The largest absolute Gasteiger partial charge is 0.330 e. The third kappa shape index (κ3) is 3.50. The van der Waals surface area contributed by atoms with Gasteiger partial charge in [0.2, 0.25) is 0 Å². The van der Waals surface area contributed by atoms with Crippen LogP contribution in [0.4, 0.5) is 0 Å². The molecule has 2 heteroatoms. The molecule has 1 aromatic rings. The molecule has 0 saturated carbocycles. The Morgan fingerprint density at radius 1 is 1.31 bits per heavy atom. The molecule has 1 rings (SSSR count). The van der Waals surface area contributed by atoms with E-state index in [0.717, 1.165) is 18.4 Å². The first-order chi connectivity index (χ1) is 6.34. The van der Waals surface area contributed by atoms with Gasteiger partial charge in [0, 0.05) is 12.0 Å². The van der Waals surface area contributed by atoms with Crippen LogP contribution in [0.2, 0.25) is 5.02 Å². The summed E-state index contributed by atoms with van der Waals surface area (Å²) in [5.41, 5.74) is 6.23. The molecule has 0 radical (unpaired) electrons.